The van der Waals surface area contributed by atoms with E-state index in [1.54, 1.807) is 12.1 Å². The van der Waals surface area contributed by atoms with Gasteiger partial charge in [-0.3, -0.25) is 14.6 Å². The van der Waals surface area contributed by atoms with E-state index in [0.29, 0.717) is 5.56 Å². The predicted octanol–water partition coefficient (Wildman–Crippen LogP) is 3.08. The van der Waals surface area contributed by atoms with Crippen molar-refractivity contribution < 1.29 is 39.5 Å². The number of benzene rings is 2. The summed E-state index contributed by atoms with van der Waals surface area (Å²) in [6, 6.07) is 7.61. The van der Waals surface area contributed by atoms with Crippen LogP contribution in [0.25, 0.3) is 22.3 Å². The molecule has 1 unspecified atom stereocenters. The lowest BCUT2D eigenvalue weighted by Crippen LogP contribution is -2.12. The van der Waals surface area contributed by atoms with Gasteiger partial charge >= 0.3 is 5.97 Å². The molecule has 0 amide bonds. The molecule has 2 aromatic heterocycles. The number of phenolic OH excluding ortho intramolecular Hbond substituents is 4. The van der Waals surface area contributed by atoms with Crippen LogP contribution in [0.3, 0.4) is 0 Å². The topological polar surface area (TPSA) is 171 Å². The zero-order valence-corrected chi connectivity index (χ0v) is 17.7. The Kier molecular flexibility index (Phi) is 5.72. The predicted molar refractivity (Wildman–Crippen MR) is 119 cm³/mol. The number of phenols is 4. The summed E-state index contributed by atoms with van der Waals surface area (Å²) in [6.45, 7) is 0. The Balaban J connectivity index is 2.08. The maximum atomic E-state index is 13.0. The average Bonchev–Trinajstić information content (AvgIpc) is 2.82. The van der Waals surface area contributed by atoms with Crippen molar-refractivity contribution >= 4 is 16.9 Å². The lowest BCUT2D eigenvalue weighted by Gasteiger charge is -2.20. The zero-order chi connectivity index (χ0) is 24.6. The molecule has 34 heavy (non-hydrogen) atoms. The van der Waals surface area contributed by atoms with Gasteiger partial charge in [-0.1, -0.05) is 0 Å². The van der Waals surface area contributed by atoms with E-state index in [1.807, 2.05) is 0 Å². The van der Waals surface area contributed by atoms with Crippen molar-refractivity contribution in [3.8, 4) is 40.1 Å². The molecule has 174 valence electrons. The lowest BCUT2D eigenvalue weighted by atomic mass is 9.87. The van der Waals surface area contributed by atoms with Gasteiger partial charge < -0.3 is 34.7 Å². The van der Waals surface area contributed by atoms with Crippen LogP contribution in [0, 0.1) is 0 Å². The van der Waals surface area contributed by atoms with E-state index in [9.17, 15) is 35.1 Å². The highest BCUT2D eigenvalue weighted by Crippen LogP contribution is 2.44. The number of carbonyl (C=O) groups excluding carboxylic acids is 1. The number of hydrogen-bond acceptors (Lipinski definition) is 10. The first-order valence-electron chi connectivity index (χ1n) is 9.96. The molecule has 0 saturated heterocycles. The van der Waals surface area contributed by atoms with Crippen LogP contribution in [0.1, 0.15) is 23.5 Å². The van der Waals surface area contributed by atoms with Crippen molar-refractivity contribution in [3.63, 3.8) is 0 Å². The molecule has 0 aliphatic carbocycles. The zero-order valence-electron chi connectivity index (χ0n) is 17.7. The van der Waals surface area contributed by atoms with E-state index in [1.165, 1.54) is 25.6 Å². The molecule has 0 fully saturated rings. The summed E-state index contributed by atoms with van der Waals surface area (Å²) >= 11 is 0. The molecule has 2 heterocycles. The molecule has 0 saturated carbocycles. The minimum Gasteiger partial charge on any atom is -0.507 e. The Bertz CT molecular complexity index is 1460. The van der Waals surface area contributed by atoms with Crippen LogP contribution in [0.15, 0.2) is 58.0 Å². The van der Waals surface area contributed by atoms with Gasteiger partial charge in [-0.25, -0.2) is 0 Å². The smallest absolute Gasteiger partial charge is 0.306 e. The number of esters is 1. The summed E-state index contributed by atoms with van der Waals surface area (Å²) in [5.41, 5.74) is -0.732. The molecular formula is C24H19NO9. The van der Waals surface area contributed by atoms with Gasteiger partial charge in [-0.2, -0.15) is 0 Å². The second-order valence-electron chi connectivity index (χ2n) is 7.46. The first-order chi connectivity index (χ1) is 16.2. The van der Waals surface area contributed by atoms with E-state index < -0.39 is 51.4 Å². The van der Waals surface area contributed by atoms with Gasteiger partial charge in [-0.15, -0.1) is 0 Å². The summed E-state index contributed by atoms with van der Waals surface area (Å²) < 4.78 is 10.6. The number of ether oxygens (including phenoxy) is 1. The Morgan fingerprint density at radius 3 is 2.32 bits per heavy atom. The van der Waals surface area contributed by atoms with E-state index in [-0.39, 0.29) is 28.9 Å². The summed E-state index contributed by atoms with van der Waals surface area (Å²) in [7, 11) is 1.20. The van der Waals surface area contributed by atoms with E-state index in [2.05, 4.69) is 4.98 Å². The summed E-state index contributed by atoms with van der Waals surface area (Å²) in [5.74, 6) is -4.82. The summed E-state index contributed by atoms with van der Waals surface area (Å²) in [5, 5.41) is 50.7. The van der Waals surface area contributed by atoms with Crippen molar-refractivity contribution in [2.24, 2.45) is 0 Å². The molecule has 2 aromatic carbocycles. The molecule has 0 bridgehead atoms. The van der Waals surface area contributed by atoms with Crippen molar-refractivity contribution in [1.82, 2.24) is 4.98 Å². The van der Waals surface area contributed by atoms with Gasteiger partial charge in [0.1, 0.15) is 22.5 Å². The monoisotopic (exact) mass is 465 g/mol. The fourth-order valence-electron chi connectivity index (χ4n) is 3.77. The van der Waals surface area contributed by atoms with Gasteiger partial charge in [0, 0.05) is 35.5 Å². The van der Waals surface area contributed by atoms with Crippen LogP contribution in [0.2, 0.25) is 0 Å². The minimum absolute atomic E-state index is 0.00856. The Morgan fingerprint density at radius 1 is 0.971 bits per heavy atom. The van der Waals surface area contributed by atoms with E-state index in [0.717, 1.165) is 18.2 Å². The molecular weight excluding hydrogens is 446 g/mol. The highest BCUT2D eigenvalue weighted by Gasteiger charge is 2.29. The number of pyridine rings is 1. The molecule has 4 aromatic rings. The molecule has 0 spiro atoms. The molecule has 0 aliphatic rings. The number of nitrogens with zero attached hydrogens (tertiary/aromatic N) is 1. The lowest BCUT2D eigenvalue weighted by molar-refractivity contribution is -0.140. The number of carbonyl (C=O) groups is 1. The largest absolute Gasteiger partial charge is 0.507 e. The van der Waals surface area contributed by atoms with E-state index in [4.69, 9.17) is 9.15 Å². The van der Waals surface area contributed by atoms with Gasteiger partial charge in [0.2, 0.25) is 11.2 Å². The third-order valence-electron chi connectivity index (χ3n) is 5.43. The molecule has 0 aliphatic heterocycles. The molecule has 0 radical (unpaired) electrons. The maximum absolute atomic E-state index is 13.0. The van der Waals surface area contributed by atoms with Gasteiger partial charge in [0.15, 0.2) is 17.3 Å². The SMILES string of the molecule is COC(=O)CC(c1ccncc1)c1c(O)cc(O)c2c(=O)c(O)c(-c3ccc(O)c(O)c3)oc12. The quantitative estimate of drug-likeness (QED) is 0.218. The molecule has 1 atom stereocenters. The van der Waals surface area contributed by atoms with Crippen LogP contribution in [0.5, 0.6) is 28.7 Å². The number of fused-ring (bicyclic) bond motifs is 1. The van der Waals surface area contributed by atoms with E-state index >= 15 is 0 Å². The molecule has 4 rings (SSSR count). The third-order valence-corrected chi connectivity index (χ3v) is 5.43. The van der Waals surface area contributed by atoms with Crippen LogP contribution < -0.4 is 5.43 Å². The number of aromatic nitrogens is 1. The minimum atomic E-state index is -1.01. The Hall–Kier alpha value is -4.73. The second-order valence-corrected chi connectivity index (χ2v) is 7.46. The van der Waals surface area contributed by atoms with Crippen molar-refractivity contribution in [2.45, 2.75) is 12.3 Å². The summed E-state index contributed by atoms with van der Waals surface area (Å²) in [6.07, 6.45) is 2.70. The summed E-state index contributed by atoms with van der Waals surface area (Å²) in [4.78, 5) is 29.2. The van der Waals surface area contributed by atoms with Crippen molar-refractivity contribution in [1.29, 1.82) is 0 Å². The average molecular weight is 465 g/mol. The maximum Gasteiger partial charge on any atom is 0.306 e. The third kappa shape index (κ3) is 3.81. The molecule has 5 N–H and O–H groups in total. The number of aromatic hydroxyl groups is 5. The fraction of sp³-hybridized carbons (Fsp3) is 0.125. The Labute approximate surface area is 191 Å². The second kappa shape index (κ2) is 8.66. The number of methoxy groups -OCH3 is 1. The van der Waals surface area contributed by atoms with Gasteiger partial charge in [0.25, 0.3) is 0 Å². The van der Waals surface area contributed by atoms with Crippen LogP contribution in [-0.4, -0.2) is 43.6 Å². The van der Waals surface area contributed by atoms with Crippen molar-refractivity contribution in [3.05, 3.63) is 70.1 Å². The van der Waals surface area contributed by atoms with Gasteiger partial charge in [0.05, 0.1) is 13.5 Å². The highest BCUT2D eigenvalue weighted by atomic mass is 16.5. The number of rotatable bonds is 5. The number of hydrogen-bond donors (Lipinski definition) is 5. The first kappa shape index (κ1) is 22.5. The Morgan fingerprint density at radius 2 is 1.68 bits per heavy atom. The van der Waals surface area contributed by atoms with Gasteiger partial charge in [-0.05, 0) is 35.9 Å². The first-order valence-corrected chi connectivity index (χ1v) is 9.96. The van der Waals surface area contributed by atoms with Crippen LogP contribution >= 0.6 is 0 Å². The molecule has 10 nitrogen and oxygen atoms in total. The fourth-order valence-corrected chi connectivity index (χ4v) is 3.77. The van der Waals surface area contributed by atoms with Crippen molar-refractivity contribution in [2.75, 3.05) is 7.11 Å². The highest BCUT2D eigenvalue weighted by molar-refractivity contribution is 5.92. The van der Waals surface area contributed by atoms with Crippen LogP contribution in [-0.2, 0) is 9.53 Å². The normalized spacial score (nSPS) is 11.9. The standard InChI is InChI=1S/C24H19NO9/c1-33-18(30)9-13(11-4-6-25-7-5-11)19-16(28)10-17(29)20-21(31)22(32)23(34-24(19)20)12-2-3-14(26)15(27)8-12/h2-8,10,13,26-29,32H,9H2,1H3. The molecule has 10 heteroatoms. The van der Waals surface area contributed by atoms with Crippen LogP contribution in [0.4, 0.5) is 0 Å².